The fourth-order valence-electron chi connectivity index (χ4n) is 1.10. The van der Waals surface area contributed by atoms with E-state index in [1.807, 2.05) is 0 Å². The van der Waals surface area contributed by atoms with Gasteiger partial charge in [0.05, 0.1) is 0 Å². The first-order valence-electron chi connectivity index (χ1n) is 5.14. The normalized spacial score (nSPS) is 10.0. The Hall–Kier alpha value is 0.200. The van der Waals surface area contributed by atoms with Crippen LogP contribution in [0.2, 0.25) is 0 Å². The topological polar surface area (TPSA) is 29.1 Å². The monoisotopic (exact) mass is 297 g/mol. The second kappa shape index (κ2) is 10.3. The highest BCUT2D eigenvalue weighted by Crippen LogP contribution is 2.01. The van der Waals surface area contributed by atoms with Crippen LogP contribution in [-0.2, 0) is 4.79 Å². The number of unbranched alkanes of at least 4 members (excludes halogenated alkanes) is 3. The number of rotatable bonds is 8. The summed E-state index contributed by atoms with van der Waals surface area (Å²) in [6.07, 6.45) is 6.51. The minimum Gasteiger partial charge on any atom is -0.356 e. The van der Waals surface area contributed by atoms with E-state index in [2.05, 4.69) is 34.8 Å². The molecule has 3 heteroatoms. The van der Waals surface area contributed by atoms with E-state index in [0.717, 1.165) is 23.8 Å². The van der Waals surface area contributed by atoms with E-state index in [4.69, 9.17) is 0 Å². The Labute approximate surface area is 95.0 Å². The average Bonchev–Trinajstić information content (AvgIpc) is 2.13. The van der Waals surface area contributed by atoms with E-state index in [1.165, 1.54) is 19.3 Å². The number of hydrogen-bond donors (Lipinski definition) is 1. The summed E-state index contributed by atoms with van der Waals surface area (Å²) in [5, 5.41) is 2.92. The number of carbonyl (C=O) groups excluding carboxylic acids is 1. The summed E-state index contributed by atoms with van der Waals surface area (Å²) < 4.78 is 1.12. The van der Waals surface area contributed by atoms with E-state index in [9.17, 15) is 4.79 Å². The first kappa shape index (κ1) is 13.2. The summed E-state index contributed by atoms with van der Waals surface area (Å²) >= 11 is 2.32. The summed E-state index contributed by atoms with van der Waals surface area (Å²) in [4.78, 5) is 11.2. The van der Waals surface area contributed by atoms with Gasteiger partial charge in [0.1, 0.15) is 0 Å². The van der Waals surface area contributed by atoms with Crippen molar-refractivity contribution in [3.8, 4) is 0 Å². The largest absolute Gasteiger partial charge is 0.356 e. The van der Waals surface area contributed by atoms with Crippen molar-refractivity contribution in [2.24, 2.45) is 0 Å². The lowest BCUT2D eigenvalue weighted by Crippen LogP contribution is -2.24. The smallest absolute Gasteiger partial charge is 0.219 e. The summed E-state index contributed by atoms with van der Waals surface area (Å²) in [6, 6.07) is 0. The molecular weight excluding hydrogens is 277 g/mol. The Balaban J connectivity index is 3.11. The van der Waals surface area contributed by atoms with Crippen molar-refractivity contribution in [3.05, 3.63) is 0 Å². The molecule has 0 spiro atoms. The maximum absolute atomic E-state index is 11.2. The van der Waals surface area contributed by atoms with Crippen LogP contribution in [0.5, 0.6) is 0 Å². The first-order chi connectivity index (χ1) is 6.31. The number of nitrogens with one attached hydrogen (secondary N) is 1. The first-order valence-corrected chi connectivity index (χ1v) is 6.66. The van der Waals surface area contributed by atoms with Gasteiger partial charge in [0.15, 0.2) is 0 Å². The van der Waals surface area contributed by atoms with Crippen LogP contribution in [0.4, 0.5) is 0 Å². The molecule has 0 atom stereocenters. The van der Waals surface area contributed by atoms with Gasteiger partial charge in [0, 0.05) is 17.4 Å². The number of alkyl halides is 1. The third-order valence-corrected chi connectivity index (χ3v) is 2.65. The number of amides is 1. The van der Waals surface area contributed by atoms with Crippen LogP contribution in [0.15, 0.2) is 0 Å². The molecule has 0 aromatic rings. The molecule has 78 valence electrons. The quantitative estimate of drug-likeness (QED) is 0.416. The molecule has 13 heavy (non-hydrogen) atoms. The lowest BCUT2D eigenvalue weighted by Gasteiger charge is -2.03. The second-order valence-corrected chi connectivity index (χ2v) is 4.28. The molecule has 2 nitrogen and oxygen atoms in total. The van der Waals surface area contributed by atoms with Crippen LogP contribution in [0.1, 0.15) is 45.4 Å². The molecule has 0 bridgehead atoms. The number of halogens is 1. The molecule has 0 rings (SSSR count). The predicted octanol–water partition coefficient (Wildman–Crippen LogP) is 2.90. The lowest BCUT2D eigenvalue weighted by atomic mass is 10.1. The zero-order valence-corrected chi connectivity index (χ0v) is 10.6. The van der Waals surface area contributed by atoms with E-state index < -0.39 is 0 Å². The van der Waals surface area contributed by atoms with Crippen molar-refractivity contribution in [2.45, 2.75) is 45.4 Å². The molecule has 0 aliphatic heterocycles. The van der Waals surface area contributed by atoms with Crippen LogP contribution in [-0.4, -0.2) is 16.9 Å². The highest BCUT2D eigenvalue weighted by molar-refractivity contribution is 14.1. The van der Waals surface area contributed by atoms with Gasteiger partial charge in [-0.25, -0.2) is 0 Å². The van der Waals surface area contributed by atoms with Crippen molar-refractivity contribution in [3.63, 3.8) is 0 Å². The van der Waals surface area contributed by atoms with Crippen molar-refractivity contribution < 1.29 is 4.79 Å². The standard InChI is InChI=1S/C10H20INO/c1-2-3-4-5-7-10(13)12-9-6-8-11/h2-9H2,1H3,(H,12,13). The van der Waals surface area contributed by atoms with E-state index in [-0.39, 0.29) is 5.91 Å². The van der Waals surface area contributed by atoms with Crippen LogP contribution < -0.4 is 5.32 Å². The molecule has 0 fully saturated rings. The van der Waals surface area contributed by atoms with Crippen molar-refractivity contribution >= 4 is 28.5 Å². The van der Waals surface area contributed by atoms with Crippen molar-refractivity contribution in [1.29, 1.82) is 0 Å². The molecule has 0 saturated heterocycles. The van der Waals surface area contributed by atoms with Crippen LogP contribution >= 0.6 is 22.6 Å². The molecule has 0 radical (unpaired) electrons. The molecular formula is C10H20INO. The predicted molar refractivity (Wildman–Crippen MR) is 65.3 cm³/mol. The summed E-state index contributed by atoms with van der Waals surface area (Å²) in [7, 11) is 0. The summed E-state index contributed by atoms with van der Waals surface area (Å²) in [6.45, 7) is 3.02. The van der Waals surface area contributed by atoms with Gasteiger partial charge in [-0.2, -0.15) is 0 Å². The molecule has 0 aromatic carbocycles. The molecule has 0 aromatic heterocycles. The highest BCUT2D eigenvalue weighted by atomic mass is 127. The maximum atomic E-state index is 11.2. The third-order valence-electron chi connectivity index (χ3n) is 1.89. The molecule has 1 amide bonds. The number of carbonyl (C=O) groups is 1. The summed E-state index contributed by atoms with van der Waals surface area (Å²) in [5.41, 5.74) is 0. The van der Waals surface area contributed by atoms with Gasteiger partial charge in [-0.1, -0.05) is 48.8 Å². The number of hydrogen-bond acceptors (Lipinski definition) is 1. The van der Waals surface area contributed by atoms with Crippen LogP contribution in [0.3, 0.4) is 0 Å². The fourth-order valence-corrected chi connectivity index (χ4v) is 1.48. The van der Waals surface area contributed by atoms with E-state index in [1.54, 1.807) is 0 Å². The van der Waals surface area contributed by atoms with Gasteiger partial charge < -0.3 is 5.32 Å². The van der Waals surface area contributed by atoms with Gasteiger partial charge in [-0.05, 0) is 12.8 Å². The molecule has 0 aliphatic rings. The maximum Gasteiger partial charge on any atom is 0.219 e. The van der Waals surface area contributed by atoms with Gasteiger partial charge in [-0.15, -0.1) is 0 Å². The molecule has 0 unspecified atom stereocenters. The Kier molecular flexibility index (Phi) is 10.4. The lowest BCUT2D eigenvalue weighted by molar-refractivity contribution is -0.121. The van der Waals surface area contributed by atoms with Crippen LogP contribution in [0, 0.1) is 0 Å². The van der Waals surface area contributed by atoms with E-state index in [0.29, 0.717) is 6.42 Å². The van der Waals surface area contributed by atoms with Gasteiger partial charge in [-0.3, -0.25) is 4.79 Å². The summed E-state index contributed by atoms with van der Waals surface area (Å²) in [5.74, 6) is 0.223. The van der Waals surface area contributed by atoms with E-state index >= 15 is 0 Å². The Morgan fingerprint density at radius 3 is 2.62 bits per heavy atom. The van der Waals surface area contributed by atoms with Gasteiger partial charge in [0.25, 0.3) is 0 Å². The second-order valence-electron chi connectivity index (χ2n) is 3.20. The molecule has 1 N–H and O–H groups in total. The van der Waals surface area contributed by atoms with Crippen molar-refractivity contribution in [1.82, 2.24) is 5.32 Å². The molecule has 0 saturated carbocycles. The van der Waals surface area contributed by atoms with Crippen molar-refractivity contribution in [2.75, 3.05) is 11.0 Å². The molecule has 0 aliphatic carbocycles. The third kappa shape index (κ3) is 10.1. The zero-order valence-electron chi connectivity index (χ0n) is 8.44. The Morgan fingerprint density at radius 2 is 2.00 bits per heavy atom. The van der Waals surface area contributed by atoms with Gasteiger partial charge in [0.2, 0.25) is 5.91 Å². The SMILES string of the molecule is CCCCCCC(=O)NCCCI. The molecule has 0 heterocycles. The Bertz CT molecular complexity index is 128. The highest BCUT2D eigenvalue weighted by Gasteiger charge is 1.98. The minimum atomic E-state index is 0.223. The van der Waals surface area contributed by atoms with Crippen LogP contribution in [0.25, 0.3) is 0 Å². The average molecular weight is 297 g/mol. The minimum absolute atomic E-state index is 0.223. The zero-order chi connectivity index (χ0) is 9.94. The van der Waals surface area contributed by atoms with Gasteiger partial charge >= 0.3 is 0 Å². The Morgan fingerprint density at radius 1 is 1.23 bits per heavy atom. The fraction of sp³-hybridized carbons (Fsp3) is 0.900.